The van der Waals surface area contributed by atoms with Gasteiger partial charge in [-0.15, -0.1) is 0 Å². The van der Waals surface area contributed by atoms with Crippen LogP contribution >= 0.6 is 11.6 Å². The Labute approximate surface area is 133 Å². The van der Waals surface area contributed by atoms with E-state index < -0.39 is 0 Å². The van der Waals surface area contributed by atoms with Crippen LogP contribution in [0.15, 0.2) is 30.6 Å². The van der Waals surface area contributed by atoms with Crippen molar-refractivity contribution in [1.29, 1.82) is 0 Å². The Balaban J connectivity index is 1.75. The number of hydrogen-bond donors (Lipinski definition) is 0. The Kier molecular flexibility index (Phi) is 3.01. The maximum atomic E-state index is 6.25. The van der Waals surface area contributed by atoms with Gasteiger partial charge in [-0.25, -0.2) is 4.98 Å². The van der Waals surface area contributed by atoms with Crippen LogP contribution < -0.4 is 9.47 Å². The summed E-state index contributed by atoms with van der Waals surface area (Å²) in [6.45, 7) is 5.13. The largest absolute Gasteiger partial charge is 0.454 e. The van der Waals surface area contributed by atoms with Crippen molar-refractivity contribution < 1.29 is 9.47 Å². The average Bonchev–Trinajstić information content (AvgIpc) is 3.08. The Bertz CT molecular complexity index is 886. The van der Waals surface area contributed by atoms with Crippen molar-refractivity contribution in [3.05, 3.63) is 52.3 Å². The molecule has 0 fully saturated rings. The van der Waals surface area contributed by atoms with Gasteiger partial charge in [-0.05, 0) is 54.8 Å². The highest BCUT2D eigenvalue weighted by atomic mass is 35.5. The molecule has 0 saturated heterocycles. The zero-order valence-electron chi connectivity index (χ0n) is 12.4. The van der Waals surface area contributed by atoms with E-state index in [2.05, 4.69) is 35.5 Å². The predicted octanol–water partition coefficient (Wildman–Crippen LogP) is 4.08. The molecule has 0 unspecified atom stereocenters. The van der Waals surface area contributed by atoms with Crippen LogP contribution in [0.4, 0.5) is 0 Å². The van der Waals surface area contributed by atoms with E-state index in [0.717, 1.165) is 16.6 Å². The predicted molar refractivity (Wildman–Crippen MR) is 85.9 cm³/mol. The molecule has 0 amide bonds. The van der Waals surface area contributed by atoms with Crippen molar-refractivity contribution >= 4 is 22.6 Å². The van der Waals surface area contributed by atoms with Crippen LogP contribution in [0, 0.1) is 13.8 Å². The average molecular weight is 315 g/mol. The fraction of sp³-hybridized carbons (Fsp3) is 0.235. The van der Waals surface area contributed by atoms with E-state index in [4.69, 9.17) is 21.1 Å². The fourth-order valence-electron chi connectivity index (χ4n) is 2.75. The SMILES string of the molecule is Cc1cc2ncn(Cc3cc(Cl)c4c(c3)OCO4)c2cc1C. The Morgan fingerprint density at radius 2 is 1.95 bits per heavy atom. The van der Waals surface area contributed by atoms with Crippen LogP contribution in [-0.4, -0.2) is 16.3 Å². The van der Waals surface area contributed by atoms with Crippen molar-refractivity contribution in [1.82, 2.24) is 9.55 Å². The van der Waals surface area contributed by atoms with Crippen LogP contribution in [-0.2, 0) is 6.54 Å². The van der Waals surface area contributed by atoms with E-state index in [1.165, 1.54) is 11.1 Å². The molecule has 22 heavy (non-hydrogen) atoms. The summed E-state index contributed by atoms with van der Waals surface area (Å²) in [5.74, 6) is 1.34. The second-order valence-corrected chi connectivity index (χ2v) is 6.02. The minimum absolute atomic E-state index is 0.227. The summed E-state index contributed by atoms with van der Waals surface area (Å²) < 4.78 is 12.9. The lowest BCUT2D eigenvalue weighted by Crippen LogP contribution is -1.98. The topological polar surface area (TPSA) is 36.3 Å². The van der Waals surface area contributed by atoms with Gasteiger partial charge in [-0.3, -0.25) is 0 Å². The van der Waals surface area contributed by atoms with Crippen LogP contribution in [0.1, 0.15) is 16.7 Å². The first-order valence-corrected chi connectivity index (χ1v) is 7.50. The van der Waals surface area contributed by atoms with Crippen LogP contribution in [0.3, 0.4) is 0 Å². The quantitative estimate of drug-likeness (QED) is 0.715. The molecule has 4 rings (SSSR count). The summed E-state index contributed by atoms with van der Waals surface area (Å²) in [6.07, 6.45) is 1.86. The molecular weight excluding hydrogens is 300 g/mol. The molecule has 1 aromatic heterocycles. The van der Waals surface area contributed by atoms with Gasteiger partial charge in [0.05, 0.1) is 22.4 Å². The Hall–Kier alpha value is -2.20. The summed E-state index contributed by atoms with van der Waals surface area (Å²) in [7, 11) is 0. The number of halogens is 1. The summed E-state index contributed by atoms with van der Waals surface area (Å²) in [5.41, 5.74) is 5.71. The van der Waals surface area contributed by atoms with Gasteiger partial charge < -0.3 is 14.0 Å². The Morgan fingerprint density at radius 3 is 2.82 bits per heavy atom. The number of imidazole rings is 1. The van der Waals surface area contributed by atoms with E-state index in [-0.39, 0.29) is 6.79 Å². The van der Waals surface area contributed by atoms with E-state index >= 15 is 0 Å². The minimum Gasteiger partial charge on any atom is -0.454 e. The molecule has 112 valence electrons. The lowest BCUT2D eigenvalue weighted by atomic mass is 10.1. The molecule has 3 aromatic rings. The first-order chi connectivity index (χ1) is 10.6. The maximum absolute atomic E-state index is 6.25. The third kappa shape index (κ3) is 2.11. The minimum atomic E-state index is 0.227. The van der Waals surface area contributed by atoms with Gasteiger partial charge in [0.15, 0.2) is 11.5 Å². The molecule has 1 aliphatic rings. The normalized spacial score (nSPS) is 13.0. The molecular formula is C17H15ClN2O2. The molecule has 1 aliphatic heterocycles. The van der Waals surface area contributed by atoms with Gasteiger partial charge in [-0.1, -0.05) is 11.6 Å². The second-order valence-electron chi connectivity index (χ2n) is 5.61. The highest BCUT2D eigenvalue weighted by Gasteiger charge is 2.18. The van der Waals surface area contributed by atoms with Crippen LogP contribution in [0.2, 0.25) is 5.02 Å². The lowest BCUT2D eigenvalue weighted by molar-refractivity contribution is 0.174. The van der Waals surface area contributed by atoms with E-state index in [0.29, 0.717) is 23.1 Å². The molecule has 0 spiro atoms. The molecule has 0 saturated carbocycles. The first-order valence-electron chi connectivity index (χ1n) is 7.12. The highest BCUT2D eigenvalue weighted by Crippen LogP contribution is 2.40. The lowest BCUT2D eigenvalue weighted by Gasteiger charge is -2.08. The summed E-state index contributed by atoms with van der Waals surface area (Å²) in [6, 6.07) is 8.18. The molecule has 5 heteroatoms. The van der Waals surface area contributed by atoms with Gasteiger partial charge in [0.2, 0.25) is 6.79 Å². The molecule has 0 atom stereocenters. The van der Waals surface area contributed by atoms with E-state index in [9.17, 15) is 0 Å². The number of benzene rings is 2. The number of aromatic nitrogens is 2. The smallest absolute Gasteiger partial charge is 0.231 e. The summed E-state index contributed by atoms with van der Waals surface area (Å²) in [5, 5.41) is 0.585. The standard InChI is InChI=1S/C17H15ClN2O2/c1-10-3-14-15(4-11(10)2)20(8-19-14)7-12-5-13(18)17-16(6-12)21-9-22-17/h3-6,8H,7,9H2,1-2H3. The molecule has 0 aliphatic carbocycles. The summed E-state index contributed by atoms with van der Waals surface area (Å²) in [4.78, 5) is 4.49. The van der Waals surface area contributed by atoms with Gasteiger partial charge in [-0.2, -0.15) is 0 Å². The number of nitrogens with zero attached hydrogens (tertiary/aromatic N) is 2. The molecule has 0 radical (unpaired) electrons. The van der Waals surface area contributed by atoms with Crippen molar-refractivity contribution in [3.63, 3.8) is 0 Å². The Morgan fingerprint density at radius 1 is 1.14 bits per heavy atom. The maximum Gasteiger partial charge on any atom is 0.231 e. The first kappa shape index (κ1) is 13.5. The zero-order valence-corrected chi connectivity index (χ0v) is 13.1. The van der Waals surface area contributed by atoms with Gasteiger partial charge >= 0.3 is 0 Å². The molecule has 2 aromatic carbocycles. The van der Waals surface area contributed by atoms with Crippen LogP contribution in [0.25, 0.3) is 11.0 Å². The van der Waals surface area contributed by atoms with E-state index in [1.54, 1.807) is 0 Å². The van der Waals surface area contributed by atoms with Gasteiger partial charge in [0.25, 0.3) is 0 Å². The van der Waals surface area contributed by atoms with E-state index in [1.807, 2.05) is 18.5 Å². The van der Waals surface area contributed by atoms with Crippen molar-refractivity contribution in [2.45, 2.75) is 20.4 Å². The van der Waals surface area contributed by atoms with Crippen molar-refractivity contribution in [2.75, 3.05) is 6.79 Å². The van der Waals surface area contributed by atoms with Gasteiger partial charge in [0, 0.05) is 6.54 Å². The molecule has 0 N–H and O–H groups in total. The monoisotopic (exact) mass is 314 g/mol. The zero-order chi connectivity index (χ0) is 15.3. The number of ether oxygens (including phenoxy) is 2. The number of fused-ring (bicyclic) bond motifs is 2. The molecule has 4 nitrogen and oxygen atoms in total. The third-order valence-electron chi connectivity index (χ3n) is 4.08. The highest BCUT2D eigenvalue weighted by molar-refractivity contribution is 6.32. The third-order valence-corrected chi connectivity index (χ3v) is 4.36. The molecule has 0 bridgehead atoms. The number of rotatable bonds is 2. The van der Waals surface area contributed by atoms with Crippen molar-refractivity contribution in [2.24, 2.45) is 0 Å². The van der Waals surface area contributed by atoms with Crippen LogP contribution in [0.5, 0.6) is 11.5 Å². The fourth-order valence-corrected chi connectivity index (χ4v) is 3.04. The number of aryl methyl sites for hydroxylation is 2. The number of hydrogen-bond acceptors (Lipinski definition) is 3. The second kappa shape index (κ2) is 4.92. The summed E-state index contributed by atoms with van der Waals surface area (Å²) >= 11 is 6.25. The van der Waals surface area contributed by atoms with Crippen molar-refractivity contribution in [3.8, 4) is 11.5 Å². The van der Waals surface area contributed by atoms with Gasteiger partial charge in [0.1, 0.15) is 0 Å². The molecule has 2 heterocycles.